The maximum atomic E-state index is 3.57. The molecule has 34 heavy (non-hydrogen) atoms. The fourth-order valence-corrected chi connectivity index (χ4v) is 5.82. The minimum Gasteiger partial charge on any atom is -0.355 e. The lowest BCUT2D eigenvalue weighted by molar-refractivity contribution is 0.745. The summed E-state index contributed by atoms with van der Waals surface area (Å²) in [6.45, 7) is 4.44. The number of para-hydroxylation sites is 2. The van der Waals surface area contributed by atoms with Crippen molar-refractivity contribution in [1.29, 1.82) is 0 Å². The second-order valence-corrected chi connectivity index (χ2v) is 9.60. The van der Waals surface area contributed by atoms with Crippen LogP contribution in [0.1, 0.15) is 22.6 Å². The Balaban J connectivity index is 1.48. The summed E-state index contributed by atoms with van der Waals surface area (Å²) >= 11 is 0. The molecule has 0 saturated heterocycles. The Morgan fingerprint density at radius 2 is 1.44 bits per heavy atom. The van der Waals surface area contributed by atoms with Gasteiger partial charge in [-0.15, -0.1) is 0 Å². The molecule has 0 fully saturated rings. The number of aryl methyl sites for hydroxylation is 2. The second-order valence-electron chi connectivity index (χ2n) is 9.60. The predicted octanol–water partition coefficient (Wildman–Crippen LogP) is 8.33. The highest BCUT2D eigenvalue weighted by Crippen LogP contribution is 2.50. The smallest absolute Gasteiger partial charge is 0.0629 e. The van der Waals surface area contributed by atoms with Gasteiger partial charge in [-0.3, -0.25) is 0 Å². The number of nitrogens with one attached hydrogen (secondary N) is 1. The zero-order chi connectivity index (χ0) is 22.8. The molecular weight excluding hydrogens is 412 g/mol. The zero-order valence-corrected chi connectivity index (χ0v) is 19.4. The molecule has 1 aliphatic heterocycles. The Hall–Kier alpha value is -4.04. The van der Waals surface area contributed by atoms with Gasteiger partial charge in [-0.25, -0.2) is 0 Å². The number of aromatic nitrogens is 1. The molecular formula is C32H26N2. The van der Waals surface area contributed by atoms with Crippen molar-refractivity contribution in [3.63, 3.8) is 0 Å². The first-order valence-corrected chi connectivity index (χ1v) is 12.0. The van der Waals surface area contributed by atoms with Crippen LogP contribution in [0.2, 0.25) is 0 Å². The maximum absolute atomic E-state index is 3.57. The fraction of sp³-hybridized carbons (Fsp3) is 0.125. The molecule has 2 unspecified atom stereocenters. The molecule has 1 N–H and O–H groups in total. The number of hydrogen-bond acceptors (Lipinski definition) is 1. The number of hydrogen-bond donors (Lipinski definition) is 1. The number of allylic oxidation sites excluding steroid dienone is 2. The van der Waals surface area contributed by atoms with Gasteiger partial charge in [-0.2, -0.15) is 0 Å². The number of benzene rings is 4. The van der Waals surface area contributed by atoms with E-state index in [1.54, 1.807) is 0 Å². The molecule has 2 aliphatic rings. The molecule has 0 radical (unpaired) electrons. The van der Waals surface area contributed by atoms with E-state index in [1.165, 1.54) is 61.0 Å². The van der Waals surface area contributed by atoms with Crippen LogP contribution in [0.5, 0.6) is 0 Å². The third-order valence-electron chi connectivity index (χ3n) is 7.65. The van der Waals surface area contributed by atoms with Gasteiger partial charge in [0.2, 0.25) is 0 Å². The molecule has 0 bridgehead atoms. The Bertz CT molecular complexity index is 1650. The molecule has 7 rings (SSSR count). The molecule has 2 heteroatoms. The Labute approximate surface area is 199 Å². The Morgan fingerprint density at radius 3 is 2.38 bits per heavy atom. The van der Waals surface area contributed by atoms with Crippen LogP contribution in [0.15, 0.2) is 103 Å². The van der Waals surface area contributed by atoms with Gasteiger partial charge in [0.25, 0.3) is 0 Å². The molecule has 1 aromatic heterocycles. The topological polar surface area (TPSA) is 19.0 Å². The summed E-state index contributed by atoms with van der Waals surface area (Å²) < 4.78 is 0. The number of rotatable bonds is 2. The average Bonchev–Trinajstić information content (AvgIpc) is 3.41. The zero-order valence-electron chi connectivity index (χ0n) is 19.4. The molecule has 2 atom stereocenters. The molecule has 0 saturated carbocycles. The third-order valence-corrected chi connectivity index (χ3v) is 7.65. The second kappa shape index (κ2) is 7.23. The Morgan fingerprint density at radius 1 is 0.676 bits per heavy atom. The van der Waals surface area contributed by atoms with E-state index in [9.17, 15) is 0 Å². The first-order chi connectivity index (χ1) is 16.7. The predicted molar refractivity (Wildman–Crippen MR) is 144 cm³/mol. The Kier molecular flexibility index (Phi) is 4.13. The molecule has 0 spiro atoms. The van der Waals surface area contributed by atoms with Crippen LogP contribution < -0.4 is 4.90 Å². The highest BCUT2D eigenvalue weighted by atomic mass is 15.2. The first kappa shape index (κ1) is 19.4. The molecule has 2 heterocycles. The van der Waals surface area contributed by atoms with Gasteiger partial charge < -0.3 is 9.88 Å². The summed E-state index contributed by atoms with van der Waals surface area (Å²) in [5, 5.41) is 2.55. The lowest BCUT2D eigenvalue weighted by Gasteiger charge is -2.31. The van der Waals surface area contributed by atoms with E-state index < -0.39 is 0 Å². The summed E-state index contributed by atoms with van der Waals surface area (Å²) in [5.74, 6) is 0.381. The number of anilines is 2. The van der Waals surface area contributed by atoms with Crippen molar-refractivity contribution in [2.45, 2.75) is 25.8 Å². The van der Waals surface area contributed by atoms with Crippen molar-refractivity contribution in [3.8, 4) is 11.1 Å². The van der Waals surface area contributed by atoms with Crippen LogP contribution >= 0.6 is 0 Å². The molecule has 164 valence electrons. The van der Waals surface area contributed by atoms with Crippen LogP contribution in [0.4, 0.5) is 11.4 Å². The fourth-order valence-electron chi connectivity index (χ4n) is 5.82. The van der Waals surface area contributed by atoms with Crippen molar-refractivity contribution in [1.82, 2.24) is 4.98 Å². The van der Waals surface area contributed by atoms with Crippen LogP contribution in [0.3, 0.4) is 0 Å². The van der Waals surface area contributed by atoms with Gasteiger partial charge >= 0.3 is 0 Å². The van der Waals surface area contributed by atoms with E-state index in [0.717, 1.165) is 0 Å². The molecule has 5 aromatic rings. The van der Waals surface area contributed by atoms with Gasteiger partial charge in [0.15, 0.2) is 0 Å². The summed E-state index contributed by atoms with van der Waals surface area (Å²) in [7, 11) is 0. The number of H-pyrrole nitrogens is 1. The van der Waals surface area contributed by atoms with Crippen molar-refractivity contribution >= 4 is 33.2 Å². The third kappa shape index (κ3) is 2.75. The van der Waals surface area contributed by atoms with E-state index in [2.05, 4.69) is 127 Å². The summed E-state index contributed by atoms with van der Waals surface area (Å²) in [6, 6.07) is 29.4. The summed E-state index contributed by atoms with van der Waals surface area (Å²) in [6.07, 6.45) is 9.08. The number of nitrogens with zero attached hydrogens (tertiary/aromatic N) is 1. The van der Waals surface area contributed by atoms with Crippen LogP contribution in [0, 0.1) is 13.8 Å². The number of aromatic amines is 1. The minimum absolute atomic E-state index is 0.292. The van der Waals surface area contributed by atoms with Gasteiger partial charge in [-0.1, -0.05) is 66.8 Å². The van der Waals surface area contributed by atoms with Gasteiger partial charge in [-0.05, 0) is 72.5 Å². The number of fused-ring (bicyclic) bond motifs is 6. The highest BCUT2D eigenvalue weighted by Gasteiger charge is 2.38. The van der Waals surface area contributed by atoms with Gasteiger partial charge in [0, 0.05) is 44.7 Å². The van der Waals surface area contributed by atoms with Crippen molar-refractivity contribution in [3.05, 3.63) is 120 Å². The highest BCUT2D eigenvalue weighted by molar-refractivity contribution is 6.09. The average molecular weight is 439 g/mol. The first-order valence-electron chi connectivity index (χ1n) is 12.0. The normalized spacial score (nSPS) is 18.6. The lowest BCUT2D eigenvalue weighted by Crippen LogP contribution is -2.29. The van der Waals surface area contributed by atoms with Crippen LogP contribution in [0.25, 0.3) is 32.9 Å². The summed E-state index contributed by atoms with van der Waals surface area (Å²) in [5.41, 5.74) is 11.6. The molecule has 2 nitrogen and oxygen atoms in total. The van der Waals surface area contributed by atoms with Crippen molar-refractivity contribution in [2.75, 3.05) is 4.90 Å². The largest absolute Gasteiger partial charge is 0.355 e. The van der Waals surface area contributed by atoms with Gasteiger partial charge in [0.05, 0.1) is 6.04 Å². The van der Waals surface area contributed by atoms with Crippen molar-refractivity contribution < 1.29 is 0 Å². The van der Waals surface area contributed by atoms with E-state index in [4.69, 9.17) is 0 Å². The quantitative estimate of drug-likeness (QED) is 0.293. The van der Waals surface area contributed by atoms with Crippen LogP contribution in [-0.4, -0.2) is 11.0 Å². The molecule has 4 aromatic carbocycles. The van der Waals surface area contributed by atoms with Gasteiger partial charge in [0.1, 0.15) is 0 Å². The maximum Gasteiger partial charge on any atom is 0.0629 e. The van der Waals surface area contributed by atoms with Crippen molar-refractivity contribution in [2.24, 2.45) is 0 Å². The van der Waals surface area contributed by atoms with E-state index in [0.29, 0.717) is 12.0 Å². The van der Waals surface area contributed by atoms with E-state index in [-0.39, 0.29) is 0 Å². The standard InChI is InChI=1S/C32H26N2/c1-20-17-26(22-15-16-29-27(19-22)23-9-3-6-12-28(23)33-29)32(18-21(20)2)34-30-13-7-4-10-24(30)25-11-5-8-14-31(25)34/h3-19,24,30,33H,1-2H3. The van der Waals surface area contributed by atoms with E-state index in [1.807, 2.05) is 0 Å². The molecule has 0 amide bonds. The SMILES string of the molecule is Cc1cc(-c2ccc3[nH]c4ccccc4c3c2)c(N2c3ccccc3C3C=CC=CC32)cc1C. The minimum atomic E-state index is 0.292. The monoisotopic (exact) mass is 438 g/mol. The molecule has 1 aliphatic carbocycles. The van der Waals surface area contributed by atoms with E-state index >= 15 is 0 Å². The van der Waals surface area contributed by atoms with Crippen LogP contribution in [-0.2, 0) is 0 Å². The summed E-state index contributed by atoms with van der Waals surface area (Å²) in [4.78, 5) is 6.13. The lowest BCUT2D eigenvalue weighted by atomic mass is 9.91.